The van der Waals surface area contributed by atoms with Crippen molar-refractivity contribution in [1.29, 1.82) is 0 Å². The van der Waals surface area contributed by atoms with E-state index in [1.807, 2.05) is 4.90 Å². The third-order valence-electron chi connectivity index (χ3n) is 5.61. The van der Waals surface area contributed by atoms with Crippen molar-refractivity contribution in [3.63, 3.8) is 0 Å². The van der Waals surface area contributed by atoms with Crippen LogP contribution in [0.25, 0.3) is 0 Å². The van der Waals surface area contributed by atoms with Crippen molar-refractivity contribution >= 4 is 11.8 Å². The first-order chi connectivity index (χ1) is 10.6. The average Bonchev–Trinajstić information content (AvgIpc) is 3.31. The van der Waals surface area contributed by atoms with Gasteiger partial charge in [-0.25, -0.2) is 0 Å². The van der Waals surface area contributed by atoms with Crippen LogP contribution in [0, 0.1) is 17.8 Å². The summed E-state index contributed by atoms with van der Waals surface area (Å²) < 4.78 is 0. The van der Waals surface area contributed by atoms with Crippen LogP contribution >= 0.6 is 0 Å². The minimum Gasteiger partial charge on any atom is -0.353 e. The quantitative estimate of drug-likeness (QED) is 0.815. The van der Waals surface area contributed by atoms with Gasteiger partial charge in [0.25, 0.3) is 0 Å². The lowest BCUT2D eigenvalue weighted by Gasteiger charge is -2.31. The number of likely N-dealkylation sites (tertiary alicyclic amines) is 1. The molecular weight excluding hydrogens is 276 g/mol. The number of rotatable bonds is 3. The SMILES string of the molecule is CC1CCCN(C(=O)C2CC2C(=O)NC2CCCCCC2)C1. The Balaban J connectivity index is 1.46. The van der Waals surface area contributed by atoms with Crippen LogP contribution in [0.4, 0.5) is 0 Å². The van der Waals surface area contributed by atoms with Crippen LogP contribution in [0.2, 0.25) is 0 Å². The molecule has 1 saturated heterocycles. The van der Waals surface area contributed by atoms with E-state index in [2.05, 4.69) is 12.2 Å². The van der Waals surface area contributed by atoms with E-state index < -0.39 is 0 Å². The molecule has 1 aliphatic heterocycles. The molecule has 124 valence electrons. The molecule has 1 N–H and O–H groups in total. The minimum atomic E-state index is -0.0482. The second-order valence-corrected chi connectivity index (χ2v) is 7.68. The molecule has 4 nitrogen and oxygen atoms in total. The number of hydrogen-bond donors (Lipinski definition) is 1. The Kier molecular flexibility index (Phi) is 5.04. The summed E-state index contributed by atoms with van der Waals surface area (Å²) in [5.74, 6) is 0.890. The highest BCUT2D eigenvalue weighted by atomic mass is 16.2. The summed E-state index contributed by atoms with van der Waals surface area (Å²) in [4.78, 5) is 26.9. The fourth-order valence-corrected chi connectivity index (χ4v) is 4.11. The standard InChI is InChI=1S/C18H30N2O2/c1-13-7-6-10-20(12-13)18(22)16-11-15(16)17(21)19-14-8-4-2-3-5-9-14/h13-16H,2-12H2,1H3,(H,19,21). The van der Waals surface area contributed by atoms with Gasteiger partial charge in [0.15, 0.2) is 0 Å². The highest BCUT2D eigenvalue weighted by Gasteiger charge is 2.50. The predicted molar refractivity (Wildman–Crippen MR) is 86.2 cm³/mol. The van der Waals surface area contributed by atoms with Gasteiger partial charge in [-0.15, -0.1) is 0 Å². The predicted octanol–water partition coefficient (Wildman–Crippen LogP) is 2.72. The van der Waals surface area contributed by atoms with E-state index >= 15 is 0 Å². The van der Waals surface area contributed by atoms with Gasteiger partial charge in [-0.3, -0.25) is 9.59 Å². The second kappa shape index (κ2) is 7.01. The summed E-state index contributed by atoms with van der Waals surface area (Å²) in [7, 11) is 0. The van der Waals surface area contributed by atoms with Crippen LogP contribution in [-0.4, -0.2) is 35.8 Å². The molecule has 0 aromatic rings. The van der Waals surface area contributed by atoms with E-state index in [1.165, 1.54) is 32.1 Å². The fraction of sp³-hybridized carbons (Fsp3) is 0.889. The summed E-state index contributed by atoms with van der Waals surface area (Å²) in [6.45, 7) is 3.98. The Morgan fingerprint density at radius 2 is 1.68 bits per heavy atom. The highest BCUT2D eigenvalue weighted by Crippen LogP contribution is 2.41. The molecule has 3 aliphatic rings. The van der Waals surface area contributed by atoms with E-state index in [0.717, 1.165) is 38.8 Å². The number of piperidine rings is 1. The molecule has 3 unspecified atom stereocenters. The number of carbonyl (C=O) groups is 2. The van der Waals surface area contributed by atoms with Gasteiger partial charge < -0.3 is 10.2 Å². The zero-order valence-corrected chi connectivity index (χ0v) is 13.9. The Labute approximate surface area is 134 Å². The summed E-state index contributed by atoms with van der Waals surface area (Å²) >= 11 is 0. The molecule has 0 spiro atoms. The van der Waals surface area contributed by atoms with Crippen LogP contribution < -0.4 is 5.32 Å². The zero-order valence-electron chi connectivity index (χ0n) is 13.9. The molecular formula is C18H30N2O2. The second-order valence-electron chi connectivity index (χ2n) is 7.68. The van der Waals surface area contributed by atoms with Gasteiger partial charge in [0.1, 0.15) is 0 Å². The molecule has 3 atom stereocenters. The number of nitrogens with one attached hydrogen (secondary N) is 1. The number of hydrogen-bond acceptors (Lipinski definition) is 2. The molecule has 2 saturated carbocycles. The lowest BCUT2D eigenvalue weighted by Crippen LogP contribution is -2.41. The molecule has 4 heteroatoms. The van der Waals surface area contributed by atoms with Gasteiger partial charge in [0.05, 0.1) is 11.8 Å². The van der Waals surface area contributed by atoms with Crippen LogP contribution in [0.5, 0.6) is 0 Å². The zero-order chi connectivity index (χ0) is 15.5. The molecule has 0 aromatic carbocycles. The van der Waals surface area contributed by atoms with E-state index in [9.17, 15) is 9.59 Å². The number of carbonyl (C=O) groups excluding carboxylic acids is 2. The molecule has 3 rings (SSSR count). The molecule has 0 bridgehead atoms. The molecule has 2 amide bonds. The maximum absolute atomic E-state index is 12.5. The normalized spacial score (nSPS) is 33.1. The first-order valence-corrected chi connectivity index (χ1v) is 9.24. The molecule has 0 aromatic heterocycles. The number of nitrogens with zero attached hydrogens (tertiary/aromatic N) is 1. The molecule has 3 fully saturated rings. The first-order valence-electron chi connectivity index (χ1n) is 9.24. The van der Waals surface area contributed by atoms with Gasteiger partial charge >= 0.3 is 0 Å². The van der Waals surface area contributed by atoms with E-state index in [-0.39, 0.29) is 23.7 Å². The van der Waals surface area contributed by atoms with Crippen LogP contribution in [-0.2, 0) is 9.59 Å². The summed E-state index contributed by atoms with van der Waals surface area (Å²) in [6, 6.07) is 0.348. The Morgan fingerprint density at radius 3 is 2.36 bits per heavy atom. The van der Waals surface area contributed by atoms with E-state index in [1.54, 1.807) is 0 Å². The van der Waals surface area contributed by atoms with Crippen molar-refractivity contribution in [3.8, 4) is 0 Å². The smallest absolute Gasteiger partial charge is 0.226 e. The Morgan fingerprint density at radius 1 is 0.955 bits per heavy atom. The van der Waals surface area contributed by atoms with Crippen molar-refractivity contribution in [2.45, 2.75) is 70.8 Å². The van der Waals surface area contributed by atoms with Crippen LogP contribution in [0.3, 0.4) is 0 Å². The van der Waals surface area contributed by atoms with Crippen molar-refractivity contribution < 1.29 is 9.59 Å². The lowest BCUT2D eigenvalue weighted by atomic mass is 10.00. The molecule has 1 heterocycles. The largest absolute Gasteiger partial charge is 0.353 e. The van der Waals surface area contributed by atoms with Crippen molar-refractivity contribution in [2.24, 2.45) is 17.8 Å². The van der Waals surface area contributed by atoms with E-state index in [0.29, 0.717) is 12.0 Å². The van der Waals surface area contributed by atoms with Crippen molar-refractivity contribution in [3.05, 3.63) is 0 Å². The lowest BCUT2D eigenvalue weighted by molar-refractivity contribution is -0.136. The number of amides is 2. The minimum absolute atomic E-state index is 0.0314. The van der Waals surface area contributed by atoms with Crippen LogP contribution in [0.1, 0.15) is 64.7 Å². The Bertz CT molecular complexity index is 415. The van der Waals surface area contributed by atoms with Crippen molar-refractivity contribution in [1.82, 2.24) is 10.2 Å². The van der Waals surface area contributed by atoms with Crippen LogP contribution in [0.15, 0.2) is 0 Å². The average molecular weight is 306 g/mol. The van der Waals surface area contributed by atoms with Crippen molar-refractivity contribution in [2.75, 3.05) is 13.1 Å². The van der Waals surface area contributed by atoms with Gasteiger partial charge in [0.2, 0.25) is 11.8 Å². The van der Waals surface area contributed by atoms with Gasteiger partial charge in [-0.05, 0) is 38.0 Å². The summed E-state index contributed by atoms with van der Waals surface area (Å²) in [5, 5.41) is 3.21. The van der Waals surface area contributed by atoms with E-state index in [4.69, 9.17) is 0 Å². The molecule has 0 radical (unpaired) electrons. The topological polar surface area (TPSA) is 49.4 Å². The molecule has 22 heavy (non-hydrogen) atoms. The maximum atomic E-state index is 12.5. The maximum Gasteiger partial charge on any atom is 0.226 e. The highest BCUT2D eigenvalue weighted by molar-refractivity contribution is 5.92. The summed E-state index contributed by atoms with van der Waals surface area (Å²) in [6.07, 6.45) is 10.4. The van der Waals surface area contributed by atoms with Gasteiger partial charge in [0, 0.05) is 19.1 Å². The first kappa shape index (κ1) is 15.8. The third kappa shape index (κ3) is 3.82. The van der Waals surface area contributed by atoms with Gasteiger partial charge in [-0.1, -0.05) is 32.6 Å². The summed E-state index contributed by atoms with van der Waals surface area (Å²) in [5.41, 5.74) is 0. The molecule has 2 aliphatic carbocycles. The fourth-order valence-electron chi connectivity index (χ4n) is 4.11. The van der Waals surface area contributed by atoms with Gasteiger partial charge in [-0.2, -0.15) is 0 Å². The monoisotopic (exact) mass is 306 g/mol. The Hall–Kier alpha value is -1.06. The third-order valence-corrected chi connectivity index (χ3v) is 5.61.